The molecule has 0 aromatic carbocycles. The molecule has 0 saturated carbocycles. The molecule has 0 unspecified atom stereocenters. The number of imidazole rings is 1. The summed E-state index contributed by atoms with van der Waals surface area (Å²) in [5.41, 5.74) is 0. The van der Waals surface area contributed by atoms with Gasteiger partial charge < -0.3 is 0 Å². The van der Waals surface area contributed by atoms with Crippen molar-refractivity contribution in [3.63, 3.8) is 0 Å². The van der Waals surface area contributed by atoms with Gasteiger partial charge in [0.2, 0.25) is 0 Å². The first-order valence-electron chi connectivity index (χ1n) is 2.03. The van der Waals surface area contributed by atoms with E-state index >= 15 is 0 Å². The molecule has 1 aromatic rings. The Bertz CT molecular complexity index is 146. The molecular weight excluding hydrogens is 85.7 g/mol. The summed E-state index contributed by atoms with van der Waals surface area (Å²) >= 11 is 0. The van der Waals surface area contributed by atoms with Crippen molar-refractivity contribution in [2.75, 3.05) is 0 Å². The minimum atomic E-state index is 1.69. The average molecular weight is 89.7 g/mol. The topological polar surface area (TPSA) is 17.8 Å². The number of hydrogen-bond acceptors (Lipinski definition) is 1. The minimum absolute atomic E-state index is 1.69. The molecule has 0 atom stereocenters. The molecule has 2 nitrogen and oxygen atoms in total. The standard InChI is InChI=1S/C3H4B2N2/c4-5-7-2-1-6-3-7/h1-4H. The molecule has 0 bridgehead atoms. The molecule has 32 valence electrons. The Labute approximate surface area is 43.5 Å². The first-order chi connectivity index (χ1) is 3.43. The third kappa shape index (κ3) is 0.856. The maximum atomic E-state index is 3.78. The van der Waals surface area contributed by atoms with E-state index in [1.807, 2.05) is 6.20 Å². The summed E-state index contributed by atoms with van der Waals surface area (Å²) in [7, 11) is 3.53. The fraction of sp³-hybridized carbons (Fsp3) is 0. The van der Waals surface area contributed by atoms with Gasteiger partial charge in [0.1, 0.15) is 0 Å². The molecule has 7 heavy (non-hydrogen) atoms. The van der Waals surface area contributed by atoms with E-state index in [0.717, 1.165) is 0 Å². The average Bonchev–Trinajstić information content (AvgIpc) is 2.14. The first kappa shape index (κ1) is 4.50. The number of rotatable bonds is 1. The Morgan fingerprint density at radius 3 is 2.86 bits per heavy atom. The second kappa shape index (κ2) is 1.87. The van der Waals surface area contributed by atoms with Crippen molar-refractivity contribution >= 4 is 14.3 Å². The zero-order chi connectivity index (χ0) is 5.11. The van der Waals surface area contributed by atoms with Crippen LogP contribution < -0.4 is 0 Å². The van der Waals surface area contributed by atoms with Crippen LogP contribution in [0.5, 0.6) is 0 Å². The van der Waals surface area contributed by atoms with Crippen LogP contribution in [0.2, 0.25) is 0 Å². The van der Waals surface area contributed by atoms with Gasteiger partial charge in [0.25, 0.3) is 0 Å². The molecule has 1 rings (SSSR count). The monoisotopic (exact) mass is 90.1 g/mol. The third-order valence-corrected chi connectivity index (χ3v) is 0.736. The van der Waals surface area contributed by atoms with Gasteiger partial charge in [-0.15, -0.1) is 0 Å². The fourth-order valence-corrected chi connectivity index (χ4v) is 0.377. The van der Waals surface area contributed by atoms with Crippen molar-refractivity contribution in [1.29, 1.82) is 0 Å². The second-order valence-electron chi connectivity index (χ2n) is 1.19. The van der Waals surface area contributed by atoms with E-state index in [4.69, 9.17) is 0 Å². The van der Waals surface area contributed by atoms with Crippen LogP contribution in [0.3, 0.4) is 0 Å². The van der Waals surface area contributed by atoms with Crippen LogP contribution in [-0.2, 0) is 0 Å². The normalized spacial score (nSPS) is 7.86. The molecule has 0 aliphatic rings. The van der Waals surface area contributed by atoms with Crippen molar-refractivity contribution in [1.82, 2.24) is 9.46 Å². The van der Waals surface area contributed by atoms with Crippen molar-refractivity contribution in [3.8, 4) is 0 Å². The van der Waals surface area contributed by atoms with Crippen LogP contribution >= 0.6 is 0 Å². The summed E-state index contributed by atoms with van der Waals surface area (Å²) in [6.45, 7) is 1.69. The Kier molecular flexibility index (Phi) is 1.20. The molecule has 0 aliphatic heterocycles. The molecule has 0 radical (unpaired) electrons. The van der Waals surface area contributed by atoms with E-state index in [0.29, 0.717) is 0 Å². The predicted octanol–water partition coefficient (Wildman–Crippen LogP) is -0.834. The molecule has 0 spiro atoms. The van der Waals surface area contributed by atoms with E-state index in [1.165, 1.54) is 0 Å². The van der Waals surface area contributed by atoms with Crippen molar-refractivity contribution in [2.45, 2.75) is 0 Å². The zero-order valence-corrected chi connectivity index (χ0v) is 3.91. The van der Waals surface area contributed by atoms with Crippen molar-refractivity contribution < 1.29 is 0 Å². The summed E-state index contributed by atoms with van der Waals surface area (Å²) in [6.07, 6.45) is 5.22. The van der Waals surface area contributed by atoms with Gasteiger partial charge in [-0.1, -0.05) is 0 Å². The van der Waals surface area contributed by atoms with Crippen LogP contribution in [0.25, 0.3) is 0 Å². The molecular formula is C3H4B2N2. The summed E-state index contributed by atoms with van der Waals surface area (Å²) in [5.74, 6) is 0. The number of nitrogens with zero attached hydrogens (tertiary/aromatic N) is 2. The van der Waals surface area contributed by atoms with E-state index in [1.54, 1.807) is 23.9 Å². The molecule has 0 N–H and O–H groups in total. The Balaban J connectivity index is 2.96. The second-order valence-corrected chi connectivity index (χ2v) is 1.19. The van der Waals surface area contributed by atoms with Crippen LogP contribution in [0.1, 0.15) is 0 Å². The number of aromatic nitrogens is 2. The van der Waals surface area contributed by atoms with Gasteiger partial charge in [-0.2, -0.15) is 0 Å². The van der Waals surface area contributed by atoms with Crippen LogP contribution in [0.15, 0.2) is 18.7 Å². The molecule has 0 fully saturated rings. The van der Waals surface area contributed by atoms with Gasteiger partial charge in [-0.05, 0) is 0 Å². The van der Waals surface area contributed by atoms with Gasteiger partial charge in [-0.25, -0.2) is 0 Å². The molecule has 0 saturated heterocycles. The summed E-state index contributed by atoms with van der Waals surface area (Å²) in [4.78, 5) is 3.78. The maximum absolute atomic E-state index is 3.78. The van der Waals surface area contributed by atoms with Gasteiger partial charge in [0, 0.05) is 0 Å². The van der Waals surface area contributed by atoms with Gasteiger partial charge in [0.05, 0.1) is 0 Å². The molecule has 0 aliphatic carbocycles. The zero-order valence-electron chi connectivity index (χ0n) is 3.91. The van der Waals surface area contributed by atoms with Gasteiger partial charge in [-0.3, -0.25) is 0 Å². The van der Waals surface area contributed by atoms with Crippen molar-refractivity contribution in [2.24, 2.45) is 0 Å². The molecule has 1 heterocycles. The first-order valence-corrected chi connectivity index (χ1v) is 2.03. The third-order valence-electron chi connectivity index (χ3n) is 0.736. The quantitative estimate of drug-likeness (QED) is 0.411. The van der Waals surface area contributed by atoms with Gasteiger partial charge in [0.15, 0.2) is 0 Å². The summed E-state index contributed by atoms with van der Waals surface area (Å²) < 4.78 is 1.78. The summed E-state index contributed by atoms with van der Waals surface area (Å²) in [5, 5.41) is 0. The van der Waals surface area contributed by atoms with E-state index in [-0.39, 0.29) is 0 Å². The van der Waals surface area contributed by atoms with E-state index in [9.17, 15) is 0 Å². The molecule has 4 heteroatoms. The fourth-order valence-electron chi connectivity index (χ4n) is 0.377. The van der Waals surface area contributed by atoms with E-state index in [2.05, 4.69) is 12.4 Å². The van der Waals surface area contributed by atoms with Crippen molar-refractivity contribution in [3.05, 3.63) is 18.7 Å². The van der Waals surface area contributed by atoms with Crippen LogP contribution in [-0.4, -0.2) is 23.8 Å². The number of hydrogen-bond donors (Lipinski definition) is 0. The Morgan fingerprint density at radius 1 is 1.71 bits per heavy atom. The molecule has 0 amide bonds. The summed E-state index contributed by atoms with van der Waals surface area (Å²) in [6, 6.07) is 0. The van der Waals surface area contributed by atoms with E-state index < -0.39 is 0 Å². The Morgan fingerprint density at radius 2 is 2.57 bits per heavy atom. The Hall–Kier alpha value is -0.660. The molecule has 1 aromatic heterocycles. The van der Waals surface area contributed by atoms with Crippen LogP contribution in [0.4, 0.5) is 0 Å². The van der Waals surface area contributed by atoms with Crippen LogP contribution in [0, 0.1) is 0 Å². The predicted molar refractivity (Wildman–Crippen MR) is 30.5 cm³/mol. The SMILES string of the molecule is B=Bn1ccnc1. The van der Waals surface area contributed by atoms with Gasteiger partial charge >= 0.3 is 42.5 Å².